The minimum Gasteiger partial charge on any atom is -0.307 e. The topological polar surface area (TPSA) is 20.3 Å². The van der Waals surface area contributed by atoms with Gasteiger partial charge in [0.15, 0.2) is 0 Å². The molecule has 0 aliphatic carbocycles. The van der Waals surface area contributed by atoms with Gasteiger partial charge in [-0.25, -0.2) is 0 Å². The maximum absolute atomic E-state index is 12.3. The first kappa shape index (κ1) is 15.7. The molecule has 0 aromatic heterocycles. The fourth-order valence-corrected chi connectivity index (χ4v) is 3.31. The lowest BCUT2D eigenvalue weighted by atomic mass is 10.1. The Bertz CT molecular complexity index is 498. The monoisotopic (exact) mass is 329 g/mol. The number of nitrogens with zero attached hydrogens (tertiary/aromatic N) is 1. The van der Waals surface area contributed by atoms with E-state index >= 15 is 0 Å². The fraction of sp³-hybridized carbons (Fsp3) is 0.467. The number of thiocarbonyl (C=S) groups is 1. The molecular weight excluding hydrogens is 313 g/mol. The number of amides is 1. The molecule has 1 heterocycles. The van der Waals surface area contributed by atoms with Crippen molar-refractivity contribution in [2.75, 3.05) is 6.54 Å². The maximum atomic E-state index is 12.3. The van der Waals surface area contributed by atoms with Gasteiger partial charge in [0.25, 0.3) is 0 Å². The van der Waals surface area contributed by atoms with Gasteiger partial charge in [0.2, 0.25) is 5.91 Å². The van der Waals surface area contributed by atoms with Crippen molar-refractivity contribution < 1.29 is 4.79 Å². The molecule has 0 saturated carbocycles. The van der Waals surface area contributed by atoms with Crippen LogP contribution in [0.2, 0.25) is 10.0 Å². The van der Waals surface area contributed by atoms with E-state index in [-0.39, 0.29) is 5.91 Å². The number of carbonyl (C=O) groups excluding carboxylic acids is 1. The van der Waals surface area contributed by atoms with E-state index in [1.807, 2.05) is 0 Å². The van der Waals surface area contributed by atoms with Gasteiger partial charge in [-0.05, 0) is 43.4 Å². The van der Waals surface area contributed by atoms with E-state index in [1.165, 1.54) is 0 Å². The zero-order valence-corrected chi connectivity index (χ0v) is 13.5. The second kappa shape index (κ2) is 7.39. The van der Waals surface area contributed by atoms with Crippen molar-refractivity contribution in [3.05, 3.63) is 33.8 Å². The number of halogens is 2. The molecule has 108 valence electrons. The molecule has 0 N–H and O–H groups in total. The summed E-state index contributed by atoms with van der Waals surface area (Å²) in [6, 6.07) is 5.40. The van der Waals surface area contributed by atoms with Gasteiger partial charge in [-0.3, -0.25) is 4.79 Å². The van der Waals surface area contributed by atoms with Gasteiger partial charge in [-0.1, -0.05) is 47.9 Å². The number of hydrogen-bond donors (Lipinski definition) is 0. The molecule has 1 aromatic rings. The summed E-state index contributed by atoms with van der Waals surface area (Å²) >= 11 is 17.6. The van der Waals surface area contributed by atoms with E-state index in [0.717, 1.165) is 42.8 Å². The third-order valence-corrected chi connectivity index (χ3v) is 4.66. The molecule has 0 spiro atoms. The Hall–Kier alpha value is -0.640. The van der Waals surface area contributed by atoms with Crippen molar-refractivity contribution in [2.24, 2.45) is 0 Å². The van der Waals surface area contributed by atoms with E-state index in [9.17, 15) is 4.79 Å². The first-order valence-electron chi connectivity index (χ1n) is 6.85. The predicted octanol–water partition coefficient (Wildman–Crippen LogP) is 4.66. The molecule has 1 fully saturated rings. The Morgan fingerprint density at radius 2 is 1.90 bits per heavy atom. The Labute approximate surface area is 135 Å². The van der Waals surface area contributed by atoms with Crippen LogP contribution in [-0.4, -0.2) is 22.3 Å². The van der Waals surface area contributed by atoms with Gasteiger partial charge in [-0.2, -0.15) is 0 Å². The largest absolute Gasteiger partial charge is 0.307 e. The van der Waals surface area contributed by atoms with Crippen LogP contribution in [0.25, 0.3) is 0 Å². The summed E-state index contributed by atoms with van der Waals surface area (Å²) in [6.45, 7) is 0.744. The minimum atomic E-state index is 0.0767. The molecule has 1 amide bonds. The summed E-state index contributed by atoms with van der Waals surface area (Å²) in [5.74, 6) is 0.0767. The summed E-state index contributed by atoms with van der Waals surface area (Å²) in [4.78, 5) is 14.8. The summed E-state index contributed by atoms with van der Waals surface area (Å²) in [6.07, 6.45) is 5.03. The van der Waals surface area contributed by atoms with E-state index in [0.29, 0.717) is 22.9 Å². The molecule has 0 radical (unpaired) electrons. The molecule has 0 atom stereocenters. The molecule has 20 heavy (non-hydrogen) atoms. The summed E-state index contributed by atoms with van der Waals surface area (Å²) in [5, 5.41) is 1.23. The number of benzene rings is 1. The molecule has 2 nitrogen and oxygen atoms in total. The molecule has 2 rings (SSSR count). The second-order valence-corrected chi connectivity index (χ2v) is 6.24. The molecular formula is C15H17Cl2NOS. The van der Waals surface area contributed by atoms with Crippen LogP contribution in [0.1, 0.15) is 37.7 Å². The standard InChI is InChI=1S/C15H17Cl2NOS/c16-12-5-4-6-13(17)11(12)8-9-14(19)18-10-3-1-2-7-15(18)20/h4-6H,1-3,7-10H2. The third kappa shape index (κ3) is 3.94. The smallest absolute Gasteiger partial charge is 0.227 e. The van der Waals surface area contributed by atoms with Crippen molar-refractivity contribution in [3.63, 3.8) is 0 Å². The van der Waals surface area contributed by atoms with E-state index in [4.69, 9.17) is 35.4 Å². The van der Waals surface area contributed by atoms with Gasteiger partial charge in [0.1, 0.15) is 0 Å². The van der Waals surface area contributed by atoms with E-state index in [1.54, 1.807) is 23.1 Å². The second-order valence-electron chi connectivity index (χ2n) is 4.95. The van der Waals surface area contributed by atoms with Crippen LogP contribution in [0.4, 0.5) is 0 Å². The summed E-state index contributed by atoms with van der Waals surface area (Å²) in [5.41, 5.74) is 0.838. The zero-order chi connectivity index (χ0) is 14.5. The van der Waals surface area contributed by atoms with Gasteiger partial charge in [0.05, 0.1) is 4.99 Å². The van der Waals surface area contributed by atoms with Crippen LogP contribution in [0.15, 0.2) is 18.2 Å². The Morgan fingerprint density at radius 3 is 2.60 bits per heavy atom. The molecule has 0 unspecified atom stereocenters. The average molecular weight is 330 g/mol. The Morgan fingerprint density at radius 1 is 1.20 bits per heavy atom. The van der Waals surface area contributed by atoms with Crippen molar-refractivity contribution in [3.8, 4) is 0 Å². The van der Waals surface area contributed by atoms with Crippen LogP contribution < -0.4 is 0 Å². The number of hydrogen-bond acceptors (Lipinski definition) is 2. The Kier molecular flexibility index (Phi) is 5.82. The van der Waals surface area contributed by atoms with Gasteiger partial charge < -0.3 is 4.90 Å². The lowest BCUT2D eigenvalue weighted by molar-refractivity contribution is -0.127. The SMILES string of the molecule is O=C(CCc1c(Cl)cccc1Cl)N1CCCCCC1=S. The quantitative estimate of drug-likeness (QED) is 0.752. The van der Waals surface area contributed by atoms with Crippen LogP contribution in [0.5, 0.6) is 0 Å². The minimum absolute atomic E-state index is 0.0767. The highest BCUT2D eigenvalue weighted by molar-refractivity contribution is 7.80. The first-order valence-corrected chi connectivity index (χ1v) is 8.02. The number of rotatable bonds is 3. The van der Waals surface area contributed by atoms with Crippen LogP contribution >= 0.6 is 35.4 Å². The van der Waals surface area contributed by atoms with E-state index in [2.05, 4.69) is 0 Å². The molecule has 1 aliphatic rings. The summed E-state index contributed by atoms with van der Waals surface area (Å²) < 4.78 is 0. The Balaban J connectivity index is 1.99. The maximum Gasteiger partial charge on any atom is 0.227 e. The van der Waals surface area contributed by atoms with E-state index < -0.39 is 0 Å². The van der Waals surface area contributed by atoms with Crippen molar-refractivity contribution >= 4 is 46.3 Å². The number of carbonyl (C=O) groups is 1. The van der Waals surface area contributed by atoms with Crippen molar-refractivity contribution in [1.82, 2.24) is 4.90 Å². The van der Waals surface area contributed by atoms with Crippen LogP contribution in [0.3, 0.4) is 0 Å². The van der Waals surface area contributed by atoms with Gasteiger partial charge in [0, 0.05) is 23.0 Å². The van der Waals surface area contributed by atoms with Crippen molar-refractivity contribution in [1.29, 1.82) is 0 Å². The average Bonchev–Trinajstić information content (AvgIpc) is 2.62. The first-order chi connectivity index (χ1) is 9.59. The van der Waals surface area contributed by atoms with Gasteiger partial charge >= 0.3 is 0 Å². The highest BCUT2D eigenvalue weighted by Gasteiger charge is 2.20. The van der Waals surface area contributed by atoms with Crippen molar-refractivity contribution in [2.45, 2.75) is 38.5 Å². The predicted molar refractivity (Wildman–Crippen MR) is 87.6 cm³/mol. The molecule has 1 aromatic carbocycles. The molecule has 1 saturated heterocycles. The van der Waals surface area contributed by atoms with Crippen LogP contribution in [-0.2, 0) is 11.2 Å². The molecule has 1 aliphatic heterocycles. The number of likely N-dealkylation sites (tertiary alicyclic amines) is 1. The fourth-order valence-electron chi connectivity index (χ4n) is 2.38. The zero-order valence-electron chi connectivity index (χ0n) is 11.2. The lowest BCUT2D eigenvalue weighted by Gasteiger charge is -2.21. The van der Waals surface area contributed by atoms with Gasteiger partial charge in [-0.15, -0.1) is 0 Å². The highest BCUT2D eigenvalue weighted by Crippen LogP contribution is 2.26. The summed E-state index contributed by atoms with van der Waals surface area (Å²) in [7, 11) is 0. The normalized spacial score (nSPS) is 16.1. The molecule has 0 bridgehead atoms. The lowest BCUT2D eigenvalue weighted by Crippen LogP contribution is -2.35. The highest BCUT2D eigenvalue weighted by atomic mass is 35.5. The molecule has 5 heteroatoms. The third-order valence-electron chi connectivity index (χ3n) is 3.53. The van der Waals surface area contributed by atoms with Crippen LogP contribution in [0, 0.1) is 0 Å².